The summed E-state index contributed by atoms with van der Waals surface area (Å²) in [5.74, 6) is 2.44. The van der Waals surface area contributed by atoms with Crippen LogP contribution in [0.25, 0.3) is 0 Å². The Kier molecular flexibility index (Phi) is 5.42. The summed E-state index contributed by atoms with van der Waals surface area (Å²) in [6.45, 7) is 2.72. The molecule has 7 nitrogen and oxygen atoms in total. The minimum atomic E-state index is 0.0132. The summed E-state index contributed by atoms with van der Waals surface area (Å²) >= 11 is 0. The van der Waals surface area contributed by atoms with E-state index in [4.69, 9.17) is 19.5 Å². The Bertz CT molecular complexity index is 1070. The first-order valence-corrected chi connectivity index (χ1v) is 11.3. The molecule has 7 heteroatoms. The molecule has 1 unspecified atom stereocenters. The number of methoxy groups -OCH3 is 2. The lowest BCUT2D eigenvalue weighted by Crippen LogP contribution is -2.36. The molecule has 0 amide bonds. The number of aryl methyl sites for hydroxylation is 1. The lowest BCUT2D eigenvalue weighted by Gasteiger charge is -2.31. The van der Waals surface area contributed by atoms with Gasteiger partial charge in [-0.1, -0.05) is 0 Å². The molecule has 0 spiro atoms. The topological polar surface area (TPSA) is 79.8 Å². The molecule has 3 aliphatic rings. The Morgan fingerprint density at radius 1 is 1.06 bits per heavy atom. The summed E-state index contributed by atoms with van der Waals surface area (Å²) in [5.41, 5.74) is 5.26. The molecule has 164 valence electrons. The van der Waals surface area contributed by atoms with Gasteiger partial charge in [0.1, 0.15) is 0 Å². The number of piperidine rings is 1. The molecule has 31 heavy (non-hydrogen) atoms. The standard InChI is InChI=1S/C24H30N4O3/c1-30-20-13-15-8-9-25-22(17(15)14-21(20)31-2)16-6-7-19-18(12-16)23(29)27-24(26-19)28-10-4-3-5-11-28/h13-14,16H,3-12H2,1-2H3,(H,26,27,29). The van der Waals surface area contributed by atoms with Crippen LogP contribution in [0.5, 0.6) is 11.5 Å². The van der Waals surface area contributed by atoms with Gasteiger partial charge in [-0.15, -0.1) is 0 Å². The largest absolute Gasteiger partial charge is 0.493 e. The normalized spacial score (nSPS) is 20.5. The third-order valence-electron chi connectivity index (χ3n) is 6.86. The van der Waals surface area contributed by atoms with Gasteiger partial charge in [-0.05, 0) is 62.6 Å². The zero-order chi connectivity index (χ0) is 21.4. The minimum absolute atomic E-state index is 0.0132. The molecule has 5 rings (SSSR count). The van der Waals surface area contributed by atoms with E-state index in [1.165, 1.54) is 12.0 Å². The maximum absolute atomic E-state index is 13.0. The fourth-order valence-electron chi connectivity index (χ4n) is 5.19. The number of rotatable bonds is 4. The Hall–Kier alpha value is -2.83. The first-order chi connectivity index (χ1) is 15.2. The van der Waals surface area contributed by atoms with Crippen LogP contribution in [0, 0.1) is 5.92 Å². The number of ether oxygens (including phenoxy) is 2. The van der Waals surface area contributed by atoms with Crippen LogP contribution in [0.3, 0.4) is 0 Å². The van der Waals surface area contributed by atoms with Crippen LogP contribution < -0.4 is 19.9 Å². The second-order valence-corrected chi connectivity index (χ2v) is 8.68. The van der Waals surface area contributed by atoms with Gasteiger partial charge in [-0.25, -0.2) is 4.98 Å². The molecule has 0 saturated carbocycles. The smallest absolute Gasteiger partial charge is 0.255 e. The number of fused-ring (bicyclic) bond motifs is 2. The predicted molar refractivity (Wildman–Crippen MR) is 121 cm³/mol. The van der Waals surface area contributed by atoms with E-state index in [9.17, 15) is 4.79 Å². The number of hydrogen-bond acceptors (Lipinski definition) is 6. The quantitative estimate of drug-likeness (QED) is 0.820. The lowest BCUT2D eigenvalue weighted by molar-refractivity contribution is 0.354. The van der Waals surface area contributed by atoms with E-state index in [1.807, 2.05) is 6.07 Å². The molecule has 0 bridgehead atoms. The molecule has 1 atom stereocenters. The van der Waals surface area contributed by atoms with Crippen LogP contribution >= 0.6 is 0 Å². The van der Waals surface area contributed by atoms with E-state index in [1.54, 1.807) is 14.2 Å². The molecule has 1 aliphatic carbocycles. The van der Waals surface area contributed by atoms with Crippen molar-refractivity contribution in [2.24, 2.45) is 10.9 Å². The molecule has 1 fully saturated rings. The van der Waals surface area contributed by atoms with E-state index >= 15 is 0 Å². The van der Waals surface area contributed by atoms with Crippen molar-refractivity contribution in [2.45, 2.75) is 44.9 Å². The molecule has 3 heterocycles. The first kappa shape index (κ1) is 20.1. The average molecular weight is 423 g/mol. The monoisotopic (exact) mass is 422 g/mol. The van der Waals surface area contributed by atoms with Crippen molar-refractivity contribution in [1.29, 1.82) is 0 Å². The molecule has 1 aromatic carbocycles. The van der Waals surface area contributed by atoms with Crippen LogP contribution in [-0.2, 0) is 19.3 Å². The number of anilines is 1. The molecule has 2 aliphatic heterocycles. The van der Waals surface area contributed by atoms with Gasteiger partial charge in [-0.3, -0.25) is 14.8 Å². The van der Waals surface area contributed by atoms with Crippen LogP contribution in [0.15, 0.2) is 21.9 Å². The van der Waals surface area contributed by atoms with Crippen molar-refractivity contribution in [3.63, 3.8) is 0 Å². The van der Waals surface area contributed by atoms with Gasteiger partial charge >= 0.3 is 0 Å². The number of benzene rings is 1. The van der Waals surface area contributed by atoms with E-state index in [0.717, 1.165) is 91.7 Å². The van der Waals surface area contributed by atoms with E-state index < -0.39 is 0 Å². The third kappa shape index (κ3) is 3.70. The van der Waals surface area contributed by atoms with Crippen LogP contribution in [0.4, 0.5) is 5.95 Å². The Morgan fingerprint density at radius 2 is 1.84 bits per heavy atom. The fourth-order valence-corrected chi connectivity index (χ4v) is 5.19. The number of aromatic nitrogens is 2. The first-order valence-electron chi connectivity index (χ1n) is 11.3. The fraction of sp³-hybridized carbons (Fsp3) is 0.542. The number of aliphatic imine (C=N–C) groups is 1. The molecule has 1 saturated heterocycles. The van der Waals surface area contributed by atoms with Gasteiger partial charge < -0.3 is 14.4 Å². The van der Waals surface area contributed by atoms with Gasteiger partial charge in [0.05, 0.1) is 19.9 Å². The average Bonchev–Trinajstić information content (AvgIpc) is 2.83. The van der Waals surface area contributed by atoms with Crippen LogP contribution in [-0.4, -0.2) is 49.5 Å². The van der Waals surface area contributed by atoms with E-state index in [2.05, 4.69) is 16.0 Å². The highest BCUT2D eigenvalue weighted by Crippen LogP contribution is 2.36. The van der Waals surface area contributed by atoms with Gasteiger partial charge in [0, 0.05) is 42.4 Å². The number of hydrogen-bond donors (Lipinski definition) is 1. The molecular formula is C24H30N4O3. The minimum Gasteiger partial charge on any atom is -0.493 e. The molecule has 2 aromatic rings. The van der Waals surface area contributed by atoms with Crippen LogP contribution in [0.2, 0.25) is 0 Å². The second-order valence-electron chi connectivity index (χ2n) is 8.68. The highest BCUT2D eigenvalue weighted by atomic mass is 16.5. The summed E-state index contributed by atoms with van der Waals surface area (Å²) in [7, 11) is 3.32. The molecule has 0 radical (unpaired) electrons. The number of nitrogens with zero attached hydrogens (tertiary/aromatic N) is 3. The summed E-state index contributed by atoms with van der Waals surface area (Å²) < 4.78 is 11.0. The molecular weight excluding hydrogens is 392 g/mol. The van der Waals surface area contributed by atoms with E-state index in [-0.39, 0.29) is 11.5 Å². The Balaban J connectivity index is 1.44. The molecule has 1 aromatic heterocycles. The van der Waals surface area contributed by atoms with Gasteiger partial charge in [-0.2, -0.15) is 0 Å². The number of aromatic amines is 1. The lowest BCUT2D eigenvalue weighted by atomic mass is 9.79. The van der Waals surface area contributed by atoms with Gasteiger partial charge in [0.15, 0.2) is 11.5 Å². The number of H-pyrrole nitrogens is 1. The summed E-state index contributed by atoms with van der Waals surface area (Å²) in [4.78, 5) is 28.0. The van der Waals surface area contributed by atoms with Crippen molar-refractivity contribution in [3.05, 3.63) is 44.9 Å². The second kappa shape index (κ2) is 8.36. The van der Waals surface area contributed by atoms with Crippen molar-refractivity contribution in [2.75, 3.05) is 38.8 Å². The maximum Gasteiger partial charge on any atom is 0.255 e. The summed E-state index contributed by atoms with van der Waals surface area (Å²) in [6.07, 6.45) is 6.93. The van der Waals surface area contributed by atoms with Crippen LogP contribution in [0.1, 0.15) is 48.1 Å². The zero-order valence-corrected chi connectivity index (χ0v) is 18.4. The zero-order valence-electron chi connectivity index (χ0n) is 18.4. The summed E-state index contributed by atoms with van der Waals surface area (Å²) in [6, 6.07) is 4.11. The van der Waals surface area contributed by atoms with Crippen molar-refractivity contribution in [1.82, 2.24) is 9.97 Å². The predicted octanol–water partition coefficient (Wildman–Crippen LogP) is 2.93. The Labute approximate surface area is 182 Å². The van der Waals surface area contributed by atoms with Gasteiger partial charge in [0.25, 0.3) is 5.56 Å². The number of nitrogens with one attached hydrogen (secondary N) is 1. The van der Waals surface area contributed by atoms with E-state index in [0.29, 0.717) is 6.42 Å². The molecule has 1 N–H and O–H groups in total. The van der Waals surface area contributed by atoms with Gasteiger partial charge in [0.2, 0.25) is 5.95 Å². The Morgan fingerprint density at radius 3 is 2.61 bits per heavy atom. The third-order valence-corrected chi connectivity index (χ3v) is 6.86. The highest BCUT2D eigenvalue weighted by molar-refractivity contribution is 6.05. The SMILES string of the molecule is COc1cc2c(cc1OC)C(C1CCc3nc(N4CCCCC4)[nH]c(=O)c3C1)=NCC2. The summed E-state index contributed by atoms with van der Waals surface area (Å²) in [5, 5.41) is 0. The van der Waals surface area contributed by atoms with Crippen molar-refractivity contribution in [3.8, 4) is 11.5 Å². The van der Waals surface area contributed by atoms with Crippen molar-refractivity contribution >= 4 is 11.7 Å². The maximum atomic E-state index is 13.0. The highest BCUT2D eigenvalue weighted by Gasteiger charge is 2.30. The van der Waals surface area contributed by atoms with Crippen molar-refractivity contribution < 1.29 is 9.47 Å².